The minimum Gasteiger partial charge on any atom is -0.354 e. The molecule has 2 fully saturated rings. The molecule has 1 aromatic rings. The maximum atomic E-state index is 4.47. The molecule has 1 saturated carbocycles. The van der Waals surface area contributed by atoms with Crippen molar-refractivity contribution in [1.29, 1.82) is 0 Å². The third-order valence-corrected chi connectivity index (χ3v) is 5.71. The van der Waals surface area contributed by atoms with Gasteiger partial charge in [0.25, 0.3) is 0 Å². The summed E-state index contributed by atoms with van der Waals surface area (Å²) in [6.45, 7) is 2.29. The van der Waals surface area contributed by atoms with Crippen molar-refractivity contribution in [3.8, 4) is 0 Å². The summed E-state index contributed by atoms with van der Waals surface area (Å²) >= 11 is 1.98. The van der Waals surface area contributed by atoms with Crippen LogP contribution < -0.4 is 5.32 Å². The number of hydrogen-bond donors (Lipinski definition) is 1. The molecule has 1 heterocycles. The van der Waals surface area contributed by atoms with Crippen LogP contribution in [-0.2, 0) is 0 Å². The molecule has 2 aliphatic rings. The topological polar surface area (TPSA) is 27.6 Å². The Morgan fingerprint density at radius 2 is 2.10 bits per heavy atom. The second-order valence-corrected chi connectivity index (χ2v) is 7.14. The normalized spacial score (nSPS) is 23.2. The monoisotopic (exact) mass is 303 g/mol. The Bertz CT molecular complexity index is 470. The fourth-order valence-corrected chi connectivity index (χ4v) is 3.97. The van der Waals surface area contributed by atoms with Crippen LogP contribution in [0.4, 0.5) is 0 Å². The minimum absolute atomic E-state index is 0.668. The third kappa shape index (κ3) is 3.94. The Labute approximate surface area is 132 Å². The lowest BCUT2D eigenvalue weighted by molar-refractivity contribution is 0.360. The first-order chi connectivity index (χ1) is 10.3. The molecule has 1 aromatic carbocycles. The fraction of sp³-hybridized carbons (Fsp3) is 0.588. The molecule has 1 aliphatic carbocycles. The number of nitrogens with one attached hydrogen (secondary N) is 1. The molecule has 0 aromatic heterocycles. The summed E-state index contributed by atoms with van der Waals surface area (Å²) in [5.74, 6) is 3.10. The van der Waals surface area contributed by atoms with E-state index in [-0.39, 0.29) is 0 Å². The number of guanidine groups is 1. The van der Waals surface area contributed by atoms with Gasteiger partial charge in [0.15, 0.2) is 5.96 Å². The molecule has 3 rings (SSSR count). The highest BCUT2D eigenvalue weighted by atomic mass is 32.2. The van der Waals surface area contributed by atoms with Crippen LogP contribution in [-0.4, -0.2) is 42.8 Å². The van der Waals surface area contributed by atoms with Crippen molar-refractivity contribution in [2.75, 3.05) is 25.9 Å². The molecule has 0 radical (unpaired) electrons. The summed E-state index contributed by atoms with van der Waals surface area (Å²) in [4.78, 5) is 8.29. The predicted octanol–water partition coefficient (Wildman–Crippen LogP) is 3.23. The van der Waals surface area contributed by atoms with Crippen LogP contribution in [0.2, 0.25) is 0 Å². The maximum Gasteiger partial charge on any atom is 0.193 e. The van der Waals surface area contributed by atoms with Crippen molar-refractivity contribution in [3.63, 3.8) is 0 Å². The van der Waals surface area contributed by atoms with Crippen molar-refractivity contribution in [1.82, 2.24) is 10.2 Å². The van der Waals surface area contributed by atoms with Crippen molar-refractivity contribution in [3.05, 3.63) is 30.3 Å². The van der Waals surface area contributed by atoms with Gasteiger partial charge in [0.2, 0.25) is 0 Å². The number of benzene rings is 1. The van der Waals surface area contributed by atoms with Gasteiger partial charge in [0.1, 0.15) is 0 Å². The van der Waals surface area contributed by atoms with Gasteiger partial charge in [-0.25, -0.2) is 0 Å². The van der Waals surface area contributed by atoms with Crippen molar-refractivity contribution in [2.45, 2.75) is 36.6 Å². The predicted molar refractivity (Wildman–Crippen MR) is 91.0 cm³/mol. The Hall–Kier alpha value is -1.16. The zero-order valence-electron chi connectivity index (χ0n) is 12.8. The molecule has 1 atom stereocenters. The molecule has 114 valence electrons. The van der Waals surface area contributed by atoms with E-state index in [1.807, 2.05) is 18.8 Å². The average Bonchev–Trinajstić information content (AvgIpc) is 2.94. The quantitative estimate of drug-likeness (QED) is 0.526. The van der Waals surface area contributed by atoms with Crippen molar-refractivity contribution >= 4 is 17.7 Å². The molecule has 1 N–H and O–H groups in total. The summed E-state index contributed by atoms with van der Waals surface area (Å²) < 4.78 is 0. The van der Waals surface area contributed by atoms with E-state index >= 15 is 0 Å². The van der Waals surface area contributed by atoms with Crippen LogP contribution >= 0.6 is 11.8 Å². The lowest BCUT2D eigenvalue weighted by Gasteiger charge is -2.31. The van der Waals surface area contributed by atoms with E-state index in [1.165, 1.54) is 36.3 Å². The van der Waals surface area contributed by atoms with Gasteiger partial charge in [-0.2, -0.15) is 0 Å². The molecule has 4 heteroatoms. The van der Waals surface area contributed by atoms with Gasteiger partial charge < -0.3 is 10.2 Å². The van der Waals surface area contributed by atoms with Crippen LogP contribution in [0.3, 0.4) is 0 Å². The lowest BCUT2D eigenvalue weighted by Crippen LogP contribution is -2.47. The van der Waals surface area contributed by atoms with E-state index in [9.17, 15) is 0 Å². The van der Waals surface area contributed by atoms with E-state index in [1.54, 1.807) is 0 Å². The van der Waals surface area contributed by atoms with Gasteiger partial charge in [-0.1, -0.05) is 18.2 Å². The lowest BCUT2D eigenvalue weighted by atomic mass is 9.93. The summed E-state index contributed by atoms with van der Waals surface area (Å²) in [5, 5.41) is 3.61. The number of rotatable bonds is 4. The van der Waals surface area contributed by atoms with Gasteiger partial charge in [-0.05, 0) is 43.7 Å². The molecule has 0 spiro atoms. The summed E-state index contributed by atoms with van der Waals surface area (Å²) in [5.41, 5.74) is 0. The number of aliphatic imine (C=N–C) groups is 1. The van der Waals surface area contributed by atoms with Crippen molar-refractivity contribution < 1.29 is 0 Å². The van der Waals surface area contributed by atoms with Gasteiger partial charge >= 0.3 is 0 Å². The number of thioether (sulfide) groups is 1. The second-order valence-electron chi connectivity index (χ2n) is 6.04. The molecule has 1 unspecified atom stereocenters. The fourth-order valence-electron chi connectivity index (χ4n) is 2.92. The van der Waals surface area contributed by atoms with E-state index < -0.39 is 0 Å². The average molecular weight is 303 g/mol. The van der Waals surface area contributed by atoms with Gasteiger partial charge in [-0.3, -0.25) is 4.99 Å². The summed E-state index contributed by atoms with van der Waals surface area (Å²) in [6, 6.07) is 11.4. The zero-order chi connectivity index (χ0) is 14.5. The van der Waals surface area contributed by atoms with Crippen LogP contribution in [0.1, 0.15) is 25.7 Å². The highest BCUT2D eigenvalue weighted by Gasteiger charge is 2.27. The van der Waals surface area contributed by atoms with Crippen LogP contribution in [0.5, 0.6) is 0 Å². The SMILES string of the molecule is CN=C(NC1CCC1)N1CCC(CSc2ccccc2)C1. The Morgan fingerprint density at radius 3 is 2.76 bits per heavy atom. The smallest absolute Gasteiger partial charge is 0.193 e. The Kier molecular flexibility index (Phi) is 5.07. The first-order valence-corrected chi connectivity index (χ1v) is 9.00. The van der Waals surface area contributed by atoms with Crippen LogP contribution in [0.15, 0.2) is 40.2 Å². The van der Waals surface area contributed by atoms with Gasteiger partial charge in [0.05, 0.1) is 0 Å². The molecule has 21 heavy (non-hydrogen) atoms. The molecule has 3 nitrogen and oxygen atoms in total. The number of likely N-dealkylation sites (tertiary alicyclic amines) is 1. The van der Waals surface area contributed by atoms with Gasteiger partial charge in [-0.15, -0.1) is 11.8 Å². The molecule has 0 bridgehead atoms. The van der Waals surface area contributed by atoms with Crippen LogP contribution in [0, 0.1) is 5.92 Å². The Balaban J connectivity index is 1.45. The minimum atomic E-state index is 0.668. The zero-order valence-corrected chi connectivity index (χ0v) is 13.6. The van der Waals surface area contributed by atoms with E-state index in [0.29, 0.717) is 6.04 Å². The summed E-state index contributed by atoms with van der Waals surface area (Å²) in [6.07, 6.45) is 5.26. The largest absolute Gasteiger partial charge is 0.354 e. The first-order valence-electron chi connectivity index (χ1n) is 8.01. The number of nitrogens with zero attached hydrogens (tertiary/aromatic N) is 2. The van der Waals surface area contributed by atoms with E-state index in [2.05, 4.69) is 45.5 Å². The Morgan fingerprint density at radius 1 is 1.29 bits per heavy atom. The maximum absolute atomic E-state index is 4.47. The highest BCUT2D eigenvalue weighted by Crippen LogP contribution is 2.26. The number of hydrogen-bond acceptors (Lipinski definition) is 2. The molecule has 1 saturated heterocycles. The molecule has 0 amide bonds. The molecular formula is C17H25N3S. The third-order valence-electron chi connectivity index (χ3n) is 4.46. The molecule has 1 aliphatic heterocycles. The molecular weight excluding hydrogens is 278 g/mol. The second kappa shape index (κ2) is 7.21. The first kappa shape index (κ1) is 14.8. The van der Waals surface area contributed by atoms with Crippen LogP contribution in [0.25, 0.3) is 0 Å². The van der Waals surface area contributed by atoms with E-state index in [4.69, 9.17) is 0 Å². The highest BCUT2D eigenvalue weighted by molar-refractivity contribution is 7.99. The summed E-state index contributed by atoms with van der Waals surface area (Å²) in [7, 11) is 1.91. The van der Waals surface area contributed by atoms with E-state index in [0.717, 1.165) is 25.0 Å². The van der Waals surface area contributed by atoms with Gasteiger partial charge in [0, 0.05) is 36.8 Å². The van der Waals surface area contributed by atoms with Crippen molar-refractivity contribution in [2.24, 2.45) is 10.9 Å². The standard InChI is InChI=1S/C17H25N3S/c1-18-17(19-15-6-5-7-15)20-11-10-14(12-20)13-21-16-8-3-2-4-9-16/h2-4,8-9,14-15H,5-7,10-13H2,1H3,(H,18,19).